The average Bonchev–Trinajstić information content (AvgIpc) is 3.53. The molecule has 1 saturated carbocycles. The number of thiazole rings is 1. The third-order valence-corrected chi connectivity index (χ3v) is 10.5. The van der Waals surface area contributed by atoms with E-state index in [2.05, 4.69) is 59.4 Å². The van der Waals surface area contributed by atoms with Crippen LogP contribution in [-0.4, -0.2) is 41.5 Å². The number of amides is 1. The summed E-state index contributed by atoms with van der Waals surface area (Å²) in [7, 11) is 0. The second-order valence-electron chi connectivity index (χ2n) is 11.5. The fourth-order valence-corrected chi connectivity index (χ4v) is 8.36. The zero-order valence-corrected chi connectivity index (χ0v) is 22.8. The molecule has 1 aromatic heterocycles. The third-order valence-electron chi connectivity index (χ3n) is 9.16. The summed E-state index contributed by atoms with van der Waals surface area (Å²) in [6.07, 6.45) is 10.3. The highest BCUT2D eigenvalue weighted by Gasteiger charge is 2.50. The summed E-state index contributed by atoms with van der Waals surface area (Å²) in [5.74, 6) is 1.31. The number of hydrogen-bond acceptors (Lipinski definition) is 4. The van der Waals surface area contributed by atoms with Crippen molar-refractivity contribution < 1.29 is 9.18 Å². The van der Waals surface area contributed by atoms with Crippen molar-refractivity contribution in [1.29, 1.82) is 0 Å². The van der Waals surface area contributed by atoms with Gasteiger partial charge in [0.2, 0.25) is 5.91 Å². The number of nitrogens with one attached hydrogen (secondary N) is 1. The highest BCUT2D eigenvalue weighted by atomic mass is 32.1. The van der Waals surface area contributed by atoms with Gasteiger partial charge in [0, 0.05) is 36.0 Å². The molecule has 0 bridgehead atoms. The van der Waals surface area contributed by atoms with Crippen molar-refractivity contribution in [2.24, 2.45) is 11.8 Å². The monoisotopic (exact) mass is 511 g/mol. The number of piperidine rings is 1. The second kappa shape index (κ2) is 11.3. The van der Waals surface area contributed by atoms with Gasteiger partial charge in [-0.25, -0.2) is 9.37 Å². The normalized spacial score (nSPS) is 29.5. The van der Waals surface area contributed by atoms with Gasteiger partial charge in [-0.05, 0) is 49.5 Å². The summed E-state index contributed by atoms with van der Waals surface area (Å²) in [5.41, 5.74) is 2.09. The number of alkyl halides is 1. The fourth-order valence-electron chi connectivity index (χ4n) is 7.20. The van der Waals surface area contributed by atoms with Gasteiger partial charge in [-0.1, -0.05) is 69.9 Å². The second-order valence-corrected chi connectivity index (χ2v) is 12.6. The summed E-state index contributed by atoms with van der Waals surface area (Å²) in [6, 6.07) is 11.2. The lowest BCUT2D eigenvalue weighted by molar-refractivity contribution is -0.142. The van der Waals surface area contributed by atoms with Crippen molar-refractivity contribution in [1.82, 2.24) is 15.2 Å². The maximum Gasteiger partial charge on any atom is 0.228 e. The van der Waals surface area contributed by atoms with E-state index < -0.39 is 6.67 Å². The number of aromatic nitrogens is 1. The zero-order chi connectivity index (χ0) is 25.1. The minimum Gasteiger partial charge on any atom is -0.339 e. The summed E-state index contributed by atoms with van der Waals surface area (Å²) in [6.45, 7) is 6.12. The lowest BCUT2D eigenvalue weighted by Crippen LogP contribution is -2.54. The summed E-state index contributed by atoms with van der Waals surface area (Å²) >= 11 is 1.49. The molecule has 1 aromatic carbocycles. The standard InChI is InChI=1S/C30H42FN3OS/c1-3-10-25-28(36-27(18-31)33-25)30(2)20-32-19-24(30)29(35)34-16-15-23(21-11-6-4-7-12-21)17-26(34)22-13-8-5-9-14-22/h4,6-7,11-12,22-24,26,32H,3,5,8-10,13-20H2,1-2H3. The molecule has 1 N–H and O–H groups in total. The molecule has 2 aliphatic heterocycles. The van der Waals surface area contributed by atoms with Crippen molar-refractivity contribution in [2.75, 3.05) is 19.6 Å². The van der Waals surface area contributed by atoms with Gasteiger partial charge in [-0.2, -0.15) is 0 Å². The molecule has 0 radical (unpaired) electrons. The fraction of sp³-hybridized carbons (Fsp3) is 0.667. The molecule has 3 heterocycles. The molecule has 2 aromatic rings. The molecule has 5 rings (SSSR count). The Morgan fingerprint density at radius 2 is 1.97 bits per heavy atom. The van der Waals surface area contributed by atoms with Gasteiger partial charge in [-0.3, -0.25) is 4.79 Å². The Labute approximate surface area is 220 Å². The predicted molar refractivity (Wildman–Crippen MR) is 145 cm³/mol. The zero-order valence-electron chi connectivity index (χ0n) is 22.0. The van der Waals surface area contributed by atoms with Crippen molar-refractivity contribution in [3.63, 3.8) is 0 Å². The molecule has 4 unspecified atom stereocenters. The quantitative estimate of drug-likeness (QED) is 0.468. The van der Waals surface area contributed by atoms with E-state index in [1.165, 1.54) is 49.0 Å². The minimum atomic E-state index is -0.528. The molecule has 4 nitrogen and oxygen atoms in total. The number of benzene rings is 1. The molecular formula is C30H42FN3OS. The summed E-state index contributed by atoms with van der Waals surface area (Å²) in [4.78, 5) is 22.5. The van der Waals surface area contributed by atoms with Gasteiger partial charge in [0.15, 0.2) is 0 Å². The first-order chi connectivity index (χ1) is 17.5. The van der Waals surface area contributed by atoms with Crippen molar-refractivity contribution >= 4 is 17.2 Å². The third kappa shape index (κ3) is 5.00. The number of hydrogen-bond donors (Lipinski definition) is 1. The van der Waals surface area contributed by atoms with E-state index in [-0.39, 0.29) is 11.3 Å². The van der Waals surface area contributed by atoms with Crippen LogP contribution in [0.15, 0.2) is 30.3 Å². The lowest BCUT2D eigenvalue weighted by atomic mass is 9.73. The Kier molecular flexibility index (Phi) is 8.11. The van der Waals surface area contributed by atoms with Crippen LogP contribution in [0.1, 0.15) is 92.3 Å². The molecule has 0 spiro atoms. The minimum absolute atomic E-state index is 0.125. The van der Waals surface area contributed by atoms with Crippen LogP contribution in [-0.2, 0) is 23.3 Å². The maximum atomic E-state index is 14.4. The molecule has 3 aliphatic rings. The van der Waals surface area contributed by atoms with Crippen LogP contribution in [0.3, 0.4) is 0 Å². The van der Waals surface area contributed by atoms with E-state index in [4.69, 9.17) is 0 Å². The molecule has 4 atom stereocenters. The molecule has 6 heteroatoms. The molecule has 1 amide bonds. The van der Waals surface area contributed by atoms with Gasteiger partial charge in [0.25, 0.3) is 0 Å². The topological polar surface area (TPSA) is 45.2 Å². The first kappa shape index (κ1) is 25.8. The number of carbonyl (C=O) groups excluding carboxylic acids is 1. The number of nitrogens with zero attached hydrogens (tertiary/aromatic N) is 2. The van der Waals surface area contributed by atoms with E-state index in [1.807, 2.05) is 0 Å². The SMILES string of the molecule is CCCc1nc(CF)sc1C1(C)CNCC1C(=O)N1CCC(c2ccccc2)CC1C1CCCCC1. The van der Waals surface area contributed by atoms with Crippen LogP contribution in [0, 0.1) is 11.8 Å². The first-order valence-electron chi connectivity index (χ1n) is 14.2. The van der Waals surface area contributed by atoms with Gasteiger partial charge in [0.05, 0.1) is 11.6 Å². The highest BCUT2D eigenvalue weighted by molar-refractivity contribution is 7.11. The van der Waals surface area contributed by atoms with E-state index in [9.17, 15) is 9.18 Å². The predicted octanol–water partition coefficient (Wildman–Crippen LogP) is 6.40. The van der Waals surface area contributed by atoms with Crippen LogP contribution in [0.2, 0.25) is 0 Å². The molecule has 1 aliphatic carbocycles. The molecule has 196 valence electrons. The van der Waals surface area contributed by atoms with E-state index >= 15 is 0 Å². The van der Waals surface area contributed by atoms with Gasteiger partial charge < -0.3 is 10.2 Å². The lowest BCUT2D eigenvalue weighted by Gasteiger charge is -2.46. The van der Waals surface area contributed by atoms with Crippen LogP contribution >= 0.6 is 11.3 Å². The number of aryl methyl sites for hydroxylation is 1. The molecule has 3 fully saturated rings. The first-order valence-corrected chi connectivity index (χ1v) is 15.0. The number of halogens is 1. The number of rotatable bonds is 7. The molecule has 36 heavy (non-hydrogen) atoms. The molecular weight excluding hydrogens is 469 g/mol. The van der Waals surface area contributed by atoms with E-state index in [0.717, 1.165) is 49.3 Å². The van der Waals surface area contributed by atoms with Gasteiger partial charge in [-0.15, -0.1) is 11.3 Å². The summed E-state index contributed by atoms with van der Waals surface area (Å²) in [5, 5.41) is 4.10. The van der Waals surface area contributed by atoms with Crippen molar-refractivity contribution in [2.45, 2.75) is 95.7 Å². The Morgan fingerprint density at radius 1 is 1.19 bits per heavy atom. The number of carbonyl (C=O) groups is 1. The van der Waals surface area contributed by atoms with Crippen molar-refractivity contribution in [3.05, 3.63) is 51.5 Å². The largest absolute Gasteiger partial charge is 0.339 e. The average molecular weight is 512 g/mol. The van der Waals surface area contributed by atoms with Gasteiger partial charge >= 0.3 is 0 Å². The van der Waals surface area contributed by atoms with Crippen LogP contribution in [0.4, 0.5) is 4.39 Å². The highest BCUT2D eigenvalue weighted by Crippen LogP contribution is 2.45. The van der Waals surface area contributed by atoms with Crippen molar-refractivity contribution in [3.8, 4) is 0 Å². The smallest absolute Gasteiger partial charge is 0.228 e. The van der Waals surface area contributed by atoms with Crippen LogP contribution in [0.25, 0.3) is 0 Å². The molecule has 2 saturated heterocycles. The summed E-state index contributed by atoms with van der Waals surface area (Å²) < 4.78 is 13.6. The Balaban J connectivity index is 1.43. The Hall–Kier alpha value is -1.79. The van der Waals surface area contributed by atoms with E-state index in [0.29, 0.717) is 35.3 Å². The number of likely N-dealkylation sites (tertiary alicyclic amines) is 1. The van der Waals surface area contributed by atoms with Crippen LogP contribution in [0.5, 0.6) is 0 Å². The Morgan fingerprint density at radius 3 is 2.69 bits per heavy atom. The Bertz CT molecular complexity index is 1020. The van der Waals surface area contributed by atoms with Gasteiger partial charge in [0.1, 0.15) is 11.7 Å². The maximum absolute atomic E-state index is 14.4. The van der Waals surface area contributed by atoms with E-state index in [1.54, 1.807) is 0 Å². The van der Waals surface area contributed by atoms with Crippen LogP contribution < -0.4 is 5.32 Å².